The maximum absolute atomic E-state index is 12.2. The molecule has 11 heteroatoms. The van der Waals surface area contributed by atoms with Gasteiger partial charge in [-0.15, -0.1) is 0 Å². The van der Waals surface area contributed by atoms with Crippen LogP contribution in [0.25, 0.3) is 11.2 Å². The maximum atomic E-state index is 12.2. The van der Waals surface area contributed by atoms with Crippen LogP contribution in [-0.2, 0) is 9.47 Å². The van der Waals surface area contributed by atoms with Gasteiger partial charge in [-0.2, -0.15) is 4.98 Å². The molecule has 3 N–H and O–H groups in total. The SMILES string of the molecule is CN(C)/C=N\c1nc2c(ncn2[C@@H]2O[C@@]3(CO)COC2[C@H]3O)c(=O)[nH]1. The Labute approximate surface area is 141 Å². The second kappa shape index (κ2) is 5.59. The summed E-state index contributed by atoms with van der Waals surface area (Å²) in [6.45, 7) is -0.273. The Morgan fingerprint density at radius 2 is 2.40 bits per heavy atom. The number of imidazole rings is 1. The number of aromatic amines is 1. The molecule has 2 fully saturated rings. The fourth-order valence-corrected chi connectivity index (χ4v) is 3.09. The first-order valence-corrected chi connectivity index (χ1v) is 7.71. The number of ether oxygens (including phenoxy) is 2. The predicted octanol–water partition coefficient (Wildman–Crippen LogP) is -1.64. The van der Waals surface area contributed by atoms with Crippen molar-refractivity contribution >= 4 is 23.5 Å². The molecule has 0 radical (unpaired) electrons. The quantitative estimate of drug-likeness (QED) is 0.441. The normalized spacial score (nSPS) is 31.4. The van der Waals surface area contributed by atoms with Crippen LogP contribution in [0, 0.1) is 0 Å². The van der Waals surface area contributed by atoms with E-state index in [1.54, 1.807) is 19.0 Å². The molecule has 0 saturated carbocycles. The molecule has 0 aromatic carbocycles. The monoisotopic (exact) mass is 350 g/mol. The third kappa shape index (κ3) is 2.35. The van der Waals surface area contributed by atoms with Gasteiger partial charge in [0.2, 0.25) is 5.95 Å². The fraction of sp³-hybridized carbons (Fsp3) is 0.571. The molecular formula is C14H18N6O5. The van der Waals surface area contributed by atoms with E-state index in [0.717, 1.165) is 0 Å². The molecule has 1 unspecified atom stereocenters. The zero-order chi connectivity index (χ0) is 17.8. The van der Waals surface area contributed by atoms with Crippen molar-refractivity contribution in [3.8, 4) is 0 Å². The van der Waals surface area contributed by atoms with Crippen molar-refractivity contribution in [3.63, 3.8) is 0 Å². The van der Waals surface area contributed by atoms with Crippen LogP contribution in [0.3, 0.4) is 0 Å². The Hall–Kier alpha value is -2.34. The number of nitrogens with one attached hydrogen (secondary N) is 1. The minimum Gasteiger partial charge on any atom is -0.393 e. The zero-order valence-corrected chi connectivity index (χ0v) is 13.7. The van der Waals surface area contributed by atoms with Gasteiger partial charge in [-0.25, -0.2) is 9.98 Å². The van der Waals surface area contributed by atoms with Gasteiger partial charge in [-0.1, -0.05) is 0 Å². The minimum atomic E-state index is -1.17. The van der Waals surface area contributed by atoms with Crippen LogP contribution >= 0.6 is 0 Å². The molecule has 4 atom stereocenters. The van der Waals surface area contributed by atoms with Crippen molar-refractivity contribution in [2.75, 3.05) is 27.3 Å². The van der Waals surface area contributed by atoms with Crippen molar-refractivity contribution in [1.82, 2.24) is 24.4 Å². The lowest BCUT2D eigenvalue weighted by Gasteiger charge is -2.29. The molecule has 2 aromatic heterocycles. The smallest absolute Gasteiger partial charge is 0.280 e. The molecule has 11 nitrogen and oxygen atoms in total. The standard InChI is InChI=1S/C14H18N6O5/c1-19(2)5-16-13-17-10-7(11(23)18-13)15-6-20(10)12-8-9(22)14(3-21,25-12)4-24-8/h5-6,8-9,12,21-22H,3-4H2,1-2H3,(H,17,18,23)/b16-5-/t8?,9-,12-,14+/m1/s1. The minimum absolute atomic E-state index is 0.102. The number of rotatable bonds is 4. The number of aliphatic hydroxyl groups is 2. The van der Waals surface area contributed by atoms with Gasteiger partial charge in [-0.3, -0.25) is 14.3 Å². The third-order valence-corrected chi connectivity index (χ3v) is 4.38. The number of nitrogens with zero attached hydrogens (tertiary/aromatic N) is 5. The maximum Gasteiger partial charge on any atom is 0.280 e. The van der Waals surface area contributed by atoms with E-state index in [9.17, 15) is 15.0 Å². The average molecular weight is 350 g/mol. The van der Waals surface area contributed by atoms with Gasteiger partial charge in [0.25, 0.3) is 5.56 Å². The Balaban J connectivity index is 1.78. The highest BCUT2D eigenvalue weighted by Crippen LogP contribution is 2.45. The summed E-state index contributed by atoms with van der Waals surface area (Å²) in [5.41, 5.74) is -1.21. The summed E-state index contributed by atoms with van der Waals surface area (Å²) in [5, 5.41) is 19.9. The Morgan fingerprint density at radius 1 is 1.60 bits per heavy atom. The van der Waals surface area contributed by atoms with Gasteiger partial charge < -0.3 is 24.6 Å². The van der Waals surface area contributed by atoms with Crippen LogP contribution in [0.4, 0.5) is 5.95 Å². The summed E-state index contributed by atoms with van der Waals surface area (Å²) in [7, 11) is 3.58. The third-order valence-electron chi connectivity index (χ3n) is 4.38. The van der Waals surface area contributed by atoms with E-state index >= 15 is 0 Å². The molecule has 2 saturated heterocycles. The summed E-state index contributed by atoms with van der Waals surface area (Å²) in [6.07, 6.45) is 0.499. The summed E-state index contributed by atoms with van der Waals surface area (Å²) >= 11 is 0. The summed E-state index contributed by atoms with van der Waals surface area (Å²) in [4.78, 5) is 28.9. The number of hydrogen-bond donors (Lipinski definition) is 3. The number of aromatic nitrogens is 4. The first-order valence-electron chi connectivity index (χ1n) is 7.71. The molecule has 2 bridgehead atoms. The lowest BCUT2D eigenvalue weighted by Crippen LogP contribution is -2.44. The molecule has 2 aliphatic heterocycles. The molecular weight excluding hydrogens is 332 g/mol. The Morgan fingerprint density at radius 3 is 3.08 bits per heavy atom. The lowest BCUT2D eigenvalue weighted by molar-refractivity contribution is -0.185. The molecule has 4 heterocycles. The number of H-pyrrole nitrogens is 1. The largest absolute Gasteiger partial charge is 0.393 e. The fourth-order valence-electron chi connectivity index (χ4n) is 3.09. The topological polar surface area (TPSA) is 138 Å². The highest BCUT2D eigenvalue weighted by Gasteiger charge is 2.61. The molecule has 2 aromatic rings. The summed E-state index contributed by atoms with van der Waals surface area (Å²) in [5.74, 6) is 0.120. The van der Waals surface area contributed by atoms with Crippen molar-refractivity contribution in [3.05, 3.63) is 16.7 Å². The Kier molecular flexibility index (Phi) is 3.61. The average Bonchev–Trinajstić information content (AvgIpc) is 3.23. The molecule has 0 amide bonds. The van der Waals surface area contributed by atoms with Crippen LogP contribution in [0.5, 0.6) is 0 Å². The highest BCUT2D eigenvalue weighted by atomic mass is 16.7. The van der Waals surface area contributed by atoms with Gasteiger partial charge in [-0.05, 0) is 0 Å². The lowest BCUT2D eigenvalue weighted by atomic mass is 10.0. The molecule has 134 valence electrons. The first kappa shape index (κ1) is 16.1. The van der Waals surface area contributed by atoms with Crippen molar-refractivity contribution in [2.45, 2.75) is 24.0 Å². The number of aliphatic hydroxyl groups excluding tert-OH is 2. The van der Waals surface area contributed by atoms with E-state index in [4.69, 9.17) is 9.47 Å². The van der Waals surface area contributed by atoms with Gasteiger partial charge in [0, 0.05) is 14.1 Å². The van der Waals surface area contributed by atoms with E-state index in [0.29, 0.717) is 0 Å². The number of hydrogen-bond acceptors (Lipinski definition) is 8. The van der Waals surface area contributed by atoms with Crippen LogP contribution in [-0.4, -0.2) is 86.1 Å². The molecule has 4 rings (SSSR count). The number of aliphatic imine (C=N–C) groups is 1. The second-order valence-corrected chi connectivity index (χ2v) is 6.37. The highest BCUT2D eigenvalue weighted by molar-refractivity contribution is 5.71. The first-order chi connectivity index (χ1) is 11.9. The van der Waals surface area contributed by atoms with E-state index in [-0.39, 0.29) is 30.3 Å². The zero-order valence-electron chi connectivity index (χ0n) is 13.7. The second-order valence-electron chi connectivity index (χ2n) is 6.37. The van der Waals surface area contributed by atoms with Crippen LogP contribution in [0.1, 0.15) is 6.23 Å². The Bertz CT molecular complexity index is 891. The molecule has 0 aliphatic carbocycles. The van der Waals surface area contributed by atoms with Crippen molar-refractivity contribution < 1.29 is 19.7 Å². The van der Waals surface area contributed by atoms with E-state index < -0.39 is 29.6 Å². The van der Waals surface area contributed by atoms with E-state index in [1.165, 1.54) is 17.2 Å². The molecule has 0 spiro atoms. The van der Waals surface area contributed by atoms with Crippen LogP contribution < -0.4 is 5.56 Å². The van der Waals surface area contributed by atoms with Gasteiger partial charge >= 0.3 is 0 Å². The summed E-state index contributed by atoms with van der Waals surface area (Å²) in [6, 6.07) is 0. The van der Waals surface area contributed by atoms with Gasteiger partial charge in [0.05, 0.1) is 25.9 Å². The number of fused-ring (bicyclic) bond motifs is 3. The van der Waals surface area contributed by atoms with E-state index in [2.05, 4.69) is 19.9 Å². The van der Waals surface area contributed by atoms with Crippen LogP contribution in [0.15, 0.2) is 16.1 Å². The van der Waals surface area contributed by atoms with Crippen molar-refractivity contribution in [2.24, 2.45) is 4.99 Å². The van der Waals surface area contributed by atoms with E-state index in [1.807, 2.05) is 0 Å². The predicted molar refractivity (Wildman–Crippen MR) is 85.7 cm³/mol. The van der Waals surface area contributed by atoms with Gasteiger partial charge in [0.1, 0.15) is 17.8 Å². The van der Waals surface area contributed by atoms with Crippen molar-refractivity contribution in [1.29, 1.82) is 0 Å². The van der Waals surface area contributed by atoms with Gasteiger partial charge in [0.15, 0.2) is 17.4 Å². The summed E-state index contributed by atoms with van der Waals surface area (Å²) < 4.78 is 12.9. The van der Waals surface area contributed by atoms with Crippen LogP contribution in [0.2, 0.25) is 0 Å². The molecule has 2 aliphatic rings. The molecule has 25 heavy (non-hydrogen) atoms.